The zero-order valence-electron chi connectivity index (χ0n) is 14.0. The summed E-state index contributed by atoms with van der Waals surface area (Å²) in [5.41, 5.74) is 3.74. The van der Waals surface area contributed by atoms with E-state index in [2.05, 4.69) is 10.9 Å². The number of amides is 2. The zero-order valence-corrected chi connectivity index (χ0v) is 14.8. The van der Waals surface area contributed by atoms with E-state index >= 15 is 0 Å². The molecular formula is C17H14ClN3O6. The molecule has 0 bridgehead atoms. The smallest absolute Gasteiger partial charge is 0.338 e. The second-order valence-corrected chi connectivity index (χ2v) is 5.60. The quantitative estimate of drug-likeness (QED) is 0.458. The van der Waals surface area contributed by atoms with Crippen LogP contribution in [0.15, 0.2) is 42.5 Å². The van der Waals surface area contributed by atoms with Gasteiger partial charge in [0.05, 0.1) is 17.1 Å². The first kappa shape index (κ1) is 19.9. The van der Waals surface area contributed by atoms with E-state index in [4.69, 9.17) is 16.3 Å². The number of hydrazine groups is 1. The summed E-state index contributed by atoms with van der Waals surface area (Å²) in [7, 11) is 0. The maximum absolute atomic E-state index is 12.2. The van der Waals surface area contributed by atoms with E-state index in [0.717, 1.165) is 18.2 Å². The van der Waals surface area contributed by atoms with Crippen molar-refractivity contribution < 1.29 is 24.0 Å². The van der Waals surface area contributed by atoms with Crippen LogP contribution < -0.4 is 10.9 Å². The Morgan fingerprint density at radius 1 is 1.00 bits per heavy atom. The highest BCUT2D eigenvalue weighted by Crippen LogP contribution is 2.18. The van der Waals surface area contributed by atoms with Gasteiger partial charge in [0.25, 0.3) is 17.5 Å². The van der Waals surface area contributed by atoms with Crippen LogP contribution in [0.1, 0.15) is 38.0 Å². The van der Waals surface area contributed by atoms with Gasteiger partial charge in [-0.1, -0.05) is 11.6 Å². The number of rotatable bonds is 5. The molecule has 9 nitrogen and oxygen atoms in total. The molecule has 2 amide bonds. The zero-order chi connectivity index (χ0) is 20.0. The Morgan fingerprint density at radius 3 is 2.11 bits per heavy atom. The van der Waals surface area contributed by atoms with Crippen molar-refractivity contribution in [3.8, 4) is 0 Å². The molecule has 2 N–H and O–H groups in total. The summed E-state index contributed by atoms with van der Waals surface area (Å²) in [6.07, 6.45) is 0. The van der Waals surface area contributed by atoms with E-state index in [0.29, 0.717) is 5.02 Å². The number of esters is 1. The number of hydrogen-bond acceptors (Lipinski definition) is 6. The standard InChI is InChI=1S/C17H14ClN3O6/c1-2-27-17(24)12-7-11(8-14(9-12)21(25)26)16(23)20-19-15(22)10-3-5-13(18)6-4-10/h3-9H,2H2,1H3,(H,19,22)(H,20,23). The largest absolute Gasteiger partial charge is 0.462 e. The van der Waals surface area contributed by atoms with Gasteiger partial charge in [-0.2, -0.15) is 0 Å². The molecule has 10 heteroatoms. The van der Waals surface area contributed by atoms with Gasteiger partial charge in [-0.15, -0.1) is 0 Å². The van der Waals surface area contributed by atoms with Crippen molar-refractivity contribution >= 4 is 35.1 Å². The molecule has 0 aliphatic carbocycles. The number of halogens is 1. The second kappa shape index (κ2) is 8.77. The molecule has 2 aromatic carbocycles. The SMILES string of the molecule is CCOC(=O)c1cc(C(=O)NNC(=O)c2ccc(Cl)cc2)cc([N+](=O)[O-])c1. The summed E-state index contributed by atoms with van der Waals surface area (Å²) in [5, 5.41) is 11.5. The first-order valence-corrected chi connectivity index (χ1v) is 8.02. The van der Waals surface area contributed by atoms with Crippen molar-refractivity contribution in [2.24, 2.45) is 0 Å². The fraction of sp³-hybridized carbons (Fsp3) is 0.118. The van der Waals surface area contributed by atoms with Crippen LogP contribution in [0.5, 0.6) is 0 Å². The Kier molecular flexibility index (Phi) is 6.45. The first-order valence-electron chi connectivity index (χ1n) is 7.64. The summed E-state index contributed by atoms with van der Waals surface area (Å²) in [5.74, 6) is -2.26. The van der Waals surface area contributed by atoms with Crippen LogP contribution in [-0.4, -0.2) is 29.3 Å². The highest BCUT2D eigenvalue weighted by atomic mass is 35.5. The van der Waals surface area contributed by atoms with Crippen molar-refractivity contribution in [3.05, 3.63) is 74.3 Å². The normalized spacial score (nSPS) is 10.0. The number of nitrogens with one attached hydrogen (secondary N) is 2. The van der Waals surface area contributed by atoms with Gasteiger partial charge in [0.2, 0.25) is 0 Å². The number of non-ortho nitro benzene ring substituents is 1. The predicted octanol–water partition coefficient (Wildman–Crippen LogP) is 2.50. The molecule has 0 radical (unpaired) electrons. The number of carbonyl (C=O) groups excluding carboxylic acids is 3. The van der Waals surface area contributed by atoms with Crippen LogP contribution in [0.4, 0.5) is 5.69 Å². The highest BCUT2D eigenvalue weighted by molar-refractivity contribution is 6.30. The Morgan fingerprint density at radius 2 is 1.56 bits per heavy atom. The number of ether oxygens (including phenoxy) is 1. The molecule has 140 valence electrons. The highest BCUT2D eigenvalue weighted by Gasteiger charge is 2.19. The van der Waals surface area contributed by atoms with Gasteiger partial charge in [-0.3, -0.25) is 30.6 Å². The van der Waals surface area contributed by atoms with Crippen molar-refractivity contribution in [3.63, 3.8) is 0 Å². The Hall–Kier alpha value is -3.46. The number of carbonyl (C=O) groups is 3. The average molecular weight is 392 g/mol. The summed E-state index contributed by atoms with van der Waals surface area (Å²) in [4.78, 5) is 46.3. The van der Waals surface area contributed by atoms with E-state index in [-0.39, 0.29) is 23.3 Å². The van der Waals surface area contributed by atoms with Gasteiger partial charge in [-0.25, -0.2) is 4.79 Å². The minimum atomic E-state index is -0.841. The van der Waals surface area contributed by atoms with Crippen molar-refractivity contribution in [1.82, 2.24) is 10.9 Å². The van der Waals surface area contributed by atoms with Gasteiger partial charge in [0, 0.05) is 28.3 Å². The van der Waals surface area contributed by atoms with Crippen LogP contribution in [0.3, 0.4) is 0 Å². The summed E-state index contributed by atoms with van der Waals surface area (Å²) < 4.78 is 4.79. The average Bonchev–Trinajstić information content (AvgIpc) is 2.66. The fourth-order valence-corrected chi connectivity index (χ4v) is 2.17. The lowest BCUT2D eigenvalue weighted by molar-refractivity contribution is -0.384. The molecule has 27 heavy (non-hydrogen) atoms. The first-order chi connectivity index (χ1) is 12.8. The summed E-state index contributed by atoms with van der Waals surface area (Å²) in [6.45, 7) is 1.65. The van der Waals surface area contributed by atoms with Gasteiger partial charge in [0.1, 0.15) is 0 Å². The number of benzene rings is 2. The number of nitro groups is 1. The van der Waals surface area contributed by atoms with Crippen molar-refractivity contribution in [2.45, 2.75) is 6.92 Å². The third-order valence-electron chi connectivity index (χ3n) is 3.30. The minimum absolute atomic E-state index is 0.0696. The van der Waals surface area contributed by atoms with Gasteiger partial charge < -0.3 is 4.74 Å². The molecule has 2 rings (SSSR count). The third-order valence-corrected chi connectivity index (χ3v) is 3.55. The molecule has 0 heterocycles. The van der Waals surface area contributed by atoms with Crippen LogP contribution in [0.2, 0.25) is 5.02 Å². The van der Waals surface area contributed by atoms with Crippen LogP contribution in [0, 0.1) is 10.1 Å². The molecule has 0 spiro atoms. The molecule has 0 atom stereocenters. The van der Waals surface area contributed by atoms with Gasteiger partial charge in [0.15, 0.2) is 0 Å². The second-order valence-electron chi connectivity index (χ2n) is 5.16. The minimum Gasteiger partial charge on any atom is -0.462 e. The molecule has 0 saturated heterocycles. The Bertz CT molecular complexity index is 898. The molecule has 0 aliphatic heterocycles. The lowest BCUT2D eigenvalue weighted by atomic mass is 10.1. The van der Waals surface area contributed by atoms with E-state index in [1.165, 1.54) is 24.3 Å². The van der Waals surface area contributed by atoms with E-state index < -0.39 is 28.4 Å². The van der Waals surface area contributed by atoms with Gasteiger partial charge in [-0.05, 0) is 37.3 Å². The van der Waals surface area contributed by atoms with Crippen LogP contribution in [0.25, 0.3) is 0 Å². The number of nitro benzene ring substituents is 1. The predicted molar refractivity (Wildman–Crippen MR) is 95.4 cm³/mol. The monoisotopic (exact) mass is 391 g/mol. The lowest BCUT2D eigenvalue weighted by Gasteiger charge is -2.09. The lowest BCUT2D eigenvalue weighted by Crippen LogP contribution is -2.41. The summed E-state index contributed by atoms with van der Waals surface area (Å²) in [6, 6.07) is 9.03. The van der Waals surface area contributed by atoms with Gasteiger partial charge >= 0.3 is 5.97 Å². The van der Waals surface area contributed by atoms with Crippen molar-refractivity contribution in [1.29, 1.82) is 0 Å². The Labute approximate surface area is 158 Å². The van der Waals surface area contributed by atoms with Crippen LogP contribution in [-0.2, 0) is 4.74 Å². The maximum atomic E-state index is 12.2. The molecule has 0 fully saturated rings. The number of nitrogens with zero attached hydrogens (tertiary/aromatic N) is 1. The Balaban J connectivity index is 2.16. The topological polar surface area (TPSA) is 128 Å². The molecule has 0 saturated carbocycles. The molecular weight excluding hydrogens is 378 g/mol. The molecule has 0 aliphatic rings. The van der Waals surface area contributed by atoms with E-state index in [9.17, 15) is 24.5 Å². The van der Waals surface area contributed by atoms with E-state index in [1.54, 1.807) is 6.92 Å². The fourth-order valence-electron chi connectivity index (χ4n) is 2.04. The number of hydrogen-bond donors (Lipinski definition) is 2. The summed E-state index contributed by atoms with van der Waals surface area (Å²) >= 11 is 5.73. The third kappa shape index (κ3) is 5.25. The maximum Gasteiger partial charge on any atom is 0.338 e. The van der Waals surface area contributed by atoms with E-state index in [1.807, 2.05) is 0 Å². The van der Waals surface area contributed by atoms with Crippen LogP contribution >= 0.6 is 11.6 Å². The molecule has 2 aromatic rings. The molecule has 0 unspecified atom stereocenters. The molecule has 0 aromatic heterocycles. The van der Waals surface area contributed by atoms with Crippen molar-refractivity contribution in [2.75, 3.05) is 6.61 Å².